The van der Waals surface area contributed by atoms with Crippen molar-refractivity contribution in [3.63, 3.8) is 0 Å². The van der Waals surface area contributed by atoms with Crippen molar-refractivity contribution in [3.05, 3.63) is 51.5 Å². The number of aryl methyl sites for hydroxylation is 2. The SMILES string of the molecule is O=C(Nc1cccc(F)c1)c1cc2c(s1)CCC2. The highest BCUT2D eigenvalue weighted by Gasteiger charge is 2.18. The molecule has 1 aliphatic rings. The first-order valence-electron chi connectivity index (χ1n) is 5.91. The molecule has 0 saturated heterocycles. The average Bonchev–Trinajstić information content (AvgIpc) is 2.88. The molecule has 1 heterocycles. The van der Waals surface area contributed by atoms with Gasteiger partial charge in [-0.05, 0) is 49.1 Å². The minimum atomic E-state index is -0.346. The molecule has 0 saturated carbocycles. The van der Waals surface area contributed by atoms with Crippen LogP contribution in [0.1, 0.15) is 26.5 Å². The van der Waals surface area contributed by atoms with Gasteiger partial charge in [-0.25, -0.2) is 4.39 Å². The molecular weight excluding hydrogens is 249 g/mol. The molecule has 1 amide bonds. The molecule has 0 atom stereocenters. The van der Waals surface area contributed by atoms with Gasteiger partial charge in [-0.2, -0.15) is 0 Å². The smallest absolute Gasteiger partial charge is 0.265 e. The Morgan fingerprint density at radius 2 is 2.17 bits per heavy atom. The number of fused-ring (bicyclic) bond motifs is 1. The number of hydrogen-bond donors (Lipinski definition) is 1. The molecule has 92 valence electrons. The van der Waals surface area contributed by atoms with Crippen molar-refractivity contribution in [1.29, 1.82) is 0 Å². The highest BCUT2D eigenvalue weighted by atomic mass is 32.1. The van der Waals surface area contributed by atoms with E-state index in [-0.39, 0.29) is 11.7 Å². The van der Waals surface area contributed by atoms with Gasteiger partial charge in [0.05, 0.1) is 4.88 Å². The highest BCUT2D eigenvalue weighted by Crippen LogP contribution is 2.30. The average molecular weight is 261 g/mol. The van der Waals surface area contributed by atoms with Gasteiger partial charge >= 0.3 is 0 Å². The van der Waals surface area contributed by atoms with Crippen LogP contribution >= 0.6 is 11.3 Å². The molecule has 3 rings (SSSR count). The quantitative estimate of drug-likeness (QED) is 0.878. The molecule has 1 aliphatic carbocycles. The Kier molecular flexibility index (Phi) is 2.88. The zero-order chi connectivity index (χ0) is 12.5. The van der Waals surface area contributed by atoms with Gasteiger partial charge in [0.2, 0.25) is 0 Å². The zero-order valence-electron chi connectivity index (χ0n) is 9.70. The fraction of sp³-hybridized carbons (Fsp3) is 0.214. The number of nitrogens with one attached hydrogen (secondary N) is 1. The van der Waals surface area contributed by atoms with Crippen molar-refractivity contribution in [2.45, 2.75) is 19.3 Å². The third-order valence-corrected chi connectivity index (χ3v) is 4.29. The van der Waals surface area contributed by atoms with Crippen LogP contribution in [0, 0.1) is 5.82 Å². The summed E-state index contributed by atoms with van der Waals surface area (Å²) in [4.78, 5) is 14.0. The van der Waals surface area contributed by atoms with Crippen molar-refractivity contribution in [2.24, 2.45) is 0 Å². The highest BCUT2D eigenvalue weighted by molar-refractivity contribution is 7.14. The molecule has 0 bridgehead atoms. The minimum absolute atomic E-state index is 0.153. The van der Waals surface area contributed by atoms with E-state index >= 15 is 0 Å². The molecule has 0 aliphatic heterocycles. The summed E-state index contributed by atoms with van der Waals surface area (Å²) in [6.45, 7) is 0. The summed E-state index contributed by atoms with van der Waals surface area (Å²) in [6, 6.07) is 7.90. The lowest BCUT2D eigenvalue weighted by Gasteiger charge is -2.03. The third-order valence-electron chi connectivity index (χ3n) is 3.05. The molecule has 2 nitrogen and oxygen atoms in total. The van der Waals surface area contributed by atoms with Crippen LogP contribution in [0.15, 0.2) is 30.3 Å². The number of hydrogen-bond acceptors (Lipinski definition) is 2. The first-order valence-corrected chi connectivity index (χ1v) is 6.72. The molecule has 1 aromatic carbocycles. The fourth-order valence-electron chi connectivity index (χ4n) is 2.20. The maximum atomic E-state index is 13.0. The van der Waals surface area contributed by atoms with Gasteiger partial charge in [0, 0.05) is 10.6 Å². The van der Waals surface area contributed by atoms with Crippen LogP contribution in [-0.4, -0.2) is 5.91 Å². The maximum Gasteiger partial charge on any atom is 0.265 e. The third kappa shape index (κ3) is 2.16. The number of thiophene rings is 1. The van der Waals surface area contributed by atoms with E-state index in [4.69, 9.17) is 0 Å². The Bertz CT molecular complexity index is 584. The van der Waals surface area contributed by atoms with E-state index < -0.39 is 0 Å². The summed E-state index contributed by atoms with van der Waals surface area (Å²) >= 11 is 1.55. The Hall–Kier alpha value is -1.68. The summed E-state index contributed by atoms with van der Waals surface area (Å²) in [5.74, 6) is -0.499. The molecule has 18 heavy (non-hydrogen) atoms. The van der Waals surface area contributed by atoms with E-state index in [1.165, 1.54) is 29.0 Å². The van der Waals surface area contributed by atoms with Gasteiger partial charge in [0.15, 0.2) is 0 Å². The first-order chi connectivity index (χ1) is 8.72. The van der Waals surface area contributed by atoms with E-state index in [0.29, 0.717) is 10.6 Å². The summed E-state index contributed by atoms with van der Waals surface area (Å²) in [7, 11) is 0. The molecule has 2 aromatic rings. The predicted octanol–water partition coefficient (Wildman–Crippen LogP) is 3.63. The molecule has 0 radical (unpaired) electrons. The minimum Gasteiger partial charge on any atom is -0.321 e. The Balaban J connectivity index is 1.78. The lowest BCUT2D eigenvalue weighted by atomic mass is 10.2. The molecule has 1 aromatic heterocycles. The number of anilines is 1. The number of carbonyl (C=O) groups is 1. The predicted molar refractivity (Wildman–Crippen MR) is 70.7 cm³/mol. The standard InChI is InChI=1S/C14H12FNOS/c15-10-4-2-5-11(8-10)16-14(17)13-7-9-3-1-6-12(9)18-13/h2,4-5,7-8H,1,3,6H2,(H,16,17). The van der Waals surface area contributed by atoms with Crippen molar-refractivity contribution >= 4 is 22.9 Å². The topological polar surface area (TPSA) is 29.1 Å². The lowest BCUT2D eigenvalue weighted by Crippen LogP contribution is -2.10. The summed E-state index contributed by atoms with van der Waals surface area (Å²) in [5, 5.41) is 2.72. The maximum absolute atomic E-state index is 13.0. The van der Waals surface area contributed by atoms with Crippen LogP contribution in [0.4, 0.5) is 10.1 Å². The summed E-state index contributed by atoms with van der Waals surface area (Å²) < 4.78 is 13.0. The second-order valence-electron chi connectivity index (χ2n) is 4.38. The Morgan fingerprint density at radius 3 is 2.94 bits per heavy atom. The molecule has 0 fully saturated rings. The van der Waals surface area contributed by atoms with Gasteiger partial charge in [-0.1, -0.05) is 6.07 Å². The molecular formula is C14H12FNOS. The van der Waals surface area contributed by atoms with Crippen LogP contribution in [0.3, 0.4) is 0 Å². The Morgan fingerprint density at radius 1 is 1.28 bits per heavy atom. The van der Waals surface area contributed by atoms with Crippen molar-refractivity contribution in [2.75, 3.05) is 5.32 Å². The monoisotopic (exact) mass is 261 g/mol. The van der Waals surface area contributed by atoms with Crippen LogP contribution in [-0.2, 0) is 12.8 Å². The van der Waals surface area contributed by atoms with Crippen molar-refractivity contribution < 1.29 is 9.18 Å². The zero-order valence-corrected chi connectivity index (χ0v) is 10.5. The summed E-state index contributed by atoms with van der Waals surface area (Å²) in [6.07, 6.45) is 3.33. The van der Waals surface area contributed by atoms with Crippen LogP contribution in [0.25, 0.3) is 0 Å². The van der Waals surface area contributed by atoms with E-state index in [9.17, 15) is 9.18 Å². The lowest BCUT2D eigenvalue weighted by molar-refractivity contribution is 0.103. The van der Waals surface area contributed by atoms with E-state index in [1.54, 1.807) is 23.5 Å². The van der Waals surface area contributed by atoms with Crippen molar-refractivity contribution in [3.8, 4) is 0 Å². The van der Waals surface area contributed by atoms with Gasteiger partial charge in [-0.3, -0.25) is 4.79 Å². The van der Waals surface area contributed by atoms with E-state index in [0.717, 1.165) is 12.8 Å². The van der Waals surface area contributed by atoms with Gasteiger partial charge in [0.1, 0.15) is 5.82 Å². The first kappa shape index (κ1) is 11.4. The summed E-state index contributed by atoms with van der Waals surface area (Å²) in [5.41, 5.74) is 1.79. The van der Waals surface area contributed by atoms with Crippen LogP contribution < -0.4 is 5.32 Å². The molecule has 0 unspecified atom stereocenters. The van der Waals surface area contributed by atoms with Crippen molar-refractivity contribution in [1.82, 2.24) is 0 Å². The molecule has 1 N–H and O–H groups in total. The van der Waals surface area contributed by atoms with E-state index in [1.807, 2.05) is 6.07 Å². The number of carbonyl (C=O) groups excluding carboxylic acids is 1. The van der Waals surface area contributed by atoms with Gasteiger partial charge in [-0.15, -0.1) is 11.3 Å². The van der Waals surface area contributed by atoms with Gasteiger partial charge < -0.3 is 5.32 Å². The number of halogens is 1. The van der Waals surface area contributed by atoms with Gasteiger partial charge in [0.25, 0.3) is 5.91 Å². The number of benzene rings is 1. The largest absolute Gasteiger partial charge is 0.321 e. The number of amides is 1. The fourth-order valence-corrected chi connectivity index (χ4v) is 3.35. The van der Waals surface area contributed by atoms with Crippen LogP contribution in [0.2, 0.25) is 0 Å². The second-order valence-corrected chi connectivity index (χ2v) is 5.51. The molecule has 4 heteroatoms. The second kappa shape index (κ2) is 4.53. The molecule has 0 spiro atoms. The van der Waals surface area contributed by atoms with Crippen LogP contribution in [0.5, 0.6) is 0 Å². The normalized spacial score (nSPS) is 13.4. The van der Waals surface area contributed by atoms with E-state index in [2.05, 4.69) is 5.32 Å². The Labute approximate surface area is 108 Å². The number of rotatable bonds is 2.